The quantitative estimate of drug-likeness (QED) is 0.800. The fourth-order valence-corrected chi connectivity index (χ4v) is 2.01. The van der Waals surface area contributed by atoms with Gasteiger partial charge in [0.2, 0.25) is 0 Å². The second-order valence-electron chi connectivity index (χ2n) is 4.38. The topological polar surface area (TPSA) is 24.1 Å². The molecule has 98 valence electrons. The molecule has 0 aromatic heterocycles. The lowest BCUT2D eigenvalue weighted by molar-refractivity contribution is 0.632. The van der Waals surface area contributed by atoms with E-state index in [1.165, 1.54) is 11.6 Å². The van der Waals surface area contributed by atoms with Gasteiger partial charge in [-0.3, -0.25) is 0 Å². The largest absolute Gasteiger partial charge is 0.332 e. The molecule has 2 nitrogen and oxygen atoms in total. The molecule has 0 radical (unpaired) electrons. The number of para-hydroxylation sites is 1. The van der Waals surface area contributed by atoms with Crippen LogP contribution in [-0.2, 0) is 0 Å². The van der Waals surface area contributed by atoms with E-state index in [4.69, 9.17) is 12.2 Å². The Bertz CT molecular complexity index is 611. The van der Waals surface area contributed by atoms with Gasteiger partial charge < -0.3 is 10.6 Å². The van der Waals surface area contributed by atoms with Crippen molar-refractivity contribution in [1.29, 1.82) is 0 Å². The average molecular weight is 274 g/mol. The molecule has 2 N–H and O–H groups in total. The Labute approximate surface area is 117 Å². The van der Waals surface area contributed by atoms with Gasteiger partial charge in [0, 0.05) is 5.69 Å². The first kappa shape index (κ1) is 13.5. The molecule has 2 aromatic rings. The standard InChI is InChI=1S/C15H15FN2S/c1-10-7-8-13(11(2)9-10)17-15(19)18-14-6-4-3-5-12(14)16/h3-9H,1-2H3,(H2,17,18,19). The van der Waals surface area contributed by atoms with Crippen molar-refractivity contribution in [2.45, 2.75) is 13.8 Å². The molecule has 0 heterocycles. The first-order valence-electron chi connectivity index (χ1n) is 5.96. The molecule has 0 bridgehead atoms. The van der Waals surface area contributed by atoms with Crippen molar-refractivity contribution in [1.82, 2.24) is 0 Å². The maximum atomic E-state index is 13.5. The van der Waals surface area contributed by atoms with Crippen LogP contribution in [0.15, 0.2) is 42.5 Å². The molecular formula is C15H15FN2S. The highest BCUT2D eigenvalue weighted by atomic mass is 32.1. The lowest BCUT2D eigenvalue weighted by Crippen LogP contribution is -2.20. The molecule has 0 amide bonds. The minimum Gasteiger partial charge on any atom is -0.332 e. The normalized spacial score (nSPS) is 10.1. The van der Waals surface area contributed by atoms with E-state index in [-0.39, 0.29) is 5.82 Å². The van der Waals surface area contributed by atoms with Gasteiger partial charge in [-0.15, -0.1) is 0 Å². The van der Waals surface area contributed by atoms with Crippen molar-refractivity contribution in [3.63, 3.8) is 0 Å². The van der Waals surface area contributed by atoms with Crippen LogP contribution in [0.1, 0.15) is 11.1 Å². The van der Waals surface area contributed by atoms with Crippen LogP contribution >= 0.6 is 12.2 Å². The molecule has 0 fully saturated rings. The van der Waals surface area contributed by atoms with Gasteiger partial charge >= 0.3 is 0 Å². The molecule has 19 heavy (non-hydrogen) atoms. The molecule has 0 aliphatic rings. The number of benzene rings is 2. The van der Waals surface area contributed by atoms with Crippen molar-refractivity contribution in [3.8, 4) is 0 Å². The molecular weight excluding hydrogens is 259 g/mol. The van der Waals surface area contributed by atoms with Gasteiger partial charge in [0.05, 0.1) is 5.69 Å². The summed E-state index contributed by atoms with van der Waals surface area (Å²) in [5, 5.41) is 6.28. The van der Waals surface area contributed by atoms with Crippen molar-refractivity contribution in [3.05, 3.63) is 59.4 Å². The molecule has 0 aliphatic heterocycles. The molecule has 0 atom stereocenters. The van der Waals surface area contributed by atoms with Crippen LogP contribution in [0.25, 0.3) is 0 Å². The average Bonchev–Trinajstić information content (AvgIpc) is 2.36. The fourth-order valence-electron chi connectivity index (χ4n) is 1.79. The van der Waals surface area contributed by atoms with Crippen molar-refractivity contribution in [2.24, 2.45) is 0 Å². The number of hydrogen-bond acceptors (Lipinski definition) is 1. The summed E-state index contributed by atoms with van der Waals surface area (Å²) in [6.07, 6.45) is 0. The zero-order valence-electron chi connectivity index (χ0n) is 10.8. The molecule has 2 rings (SSSR count). The Morgan fingerprint density at radius 3 is 2.37 bits per heavy atom. The van der Waals surface area contributed by atoms with Gasteiger partial charge in [-0.05, 0) is 49.8 Å². The molecule has 2 aromatic carbocycles. The smallest absolute Gasteiger partial charge is 0.175 e. The van der Waals surface area contributed by atoms with E-state index < -0.39 is 0 Å². The number of rotatable bonds is 2. The zero-order valence-corrected chi connectivity index (χ0v) is 11.6. The first-order valence-corrected chi connectivity index (χ1v) is 6.37. The maximum absolute atomic E-state index is 13.5. The highest BCUT2D eigenvalue weighted by molar-refractivity contribution is 7.80. The van der Waals surface area contributed by atoms with Crippen LogP contribution < -0.4 is 10.6 Å². The van der Waals surface area contributed by atoms with E-state index in [9.17, 15) is 4.39 Å². The van der Waals surface area contributed by atoms with Crippen molar-refractivity contribution in [2.75, 3.05) is 10.6 Å². The predicted octanol–water partition coefficient (Wildman–Crippen LogP) is 4.25. The monoisotopic (exact) mass is 274 g/mol. The second kappa shape index (κ2) is 5.80. The molecule has 4 heteroatoms. The first-order chi connectivity index (χ1) is 9.06. The van der Waals surface area contributed by atoms with Gasteiger partial charge in [0.1, 0.15) is 5.82 Å². The third-order valence-electron chi connectivity index (χ3n) is 2.75. The van der Waals surface area contributed by atoms with Crippen LogP contribution in [0.2, 0.25) is 0 Å². The molecule has 0 aliphatic carbocycles. The van der Waals surface area contributed by atoms with Crippen molar-refractivity contribution >= 4 is 28.7 Å². The van der Waals surface area contributed by atoms with Gasteiger partial charge in [-0.25, -0.2) is 4.39 Å². The summed E-state index contributed by atoms with van der Waals surface area (Å²) in [7, 11) is 0. The summed E-state index contributed by atoms with van der Waals surface area (Å²) in [6, 6.07) is 12.5. The number of hydrogen-bond donors (Lipinski definition) is 2. The Hall–Kier alpha value is -1.94. The minimum absolute atomic E-state index is 0.327. The maximum Gasteiger partial charge on any atom is 0.175 e. The summed E-state index contributed by atoms with van der Waals surface area (Å²) in [5.41, 5.74) is 3.57. The molecule has 0 saturated carbocycles. The van der Waals surface area contributed by atoms with E-state index in [0.29, 0.717) is 10.8 Å². The zero-order chi connectivity index (χ0) is 13.8. The van der Waals surface area contributed by atoms with Crippen molar-refractivity contribution < 1.29 is 4.39 Å². The summed E-state index contributed by atoms with van der Waals surface area (Å²) >= 11 is 5.18. The molecule has 0 spiro atoms. The fraction of sp³-hybridized carbons (Fsp3) is 0.133. The van der Waals surface area contributed by atoms with Crippen LogP contribution in [-0.4, -0.2) is 5.11 Å². The third kappa shape index (κ3) is 3.51. The van der Waals surface area contributed by atoms with E-state index in [1.54, 1.807) is 18.2 Å². The molecule has 0 unspecified atom stereocenters. The summed E-state index contributed by atoms with van der Waals surface area (Å²) in [4.78, 5) is 0. The van der Waals surface area contributed by atoms with Gasteiger partial charge in [-0.1, -0.05) is 29.8 Å². The number of anilines is 2. The Morgan fingerprint density at radius 1 is 1.00 bits per heavy atom. The summed E-state index contributed by atoms with van der Waals surface area (Å²) < 4.78 is 13.5. The van der Waals surface area contributed by atoms with Gasteiger partial charge in [0.25, 0.3) is 0 Å². The Morgan fingerprint density at radius 2 is 1.68 bits per heavy atom. The SMILES string of the molecule is Cc1ccc(NC(=S)Nc2ccccc2F)c(C)c1. The van der Waals surface area contributed by atoms with Gasteiger partial charge in [0.15, 0.2) is 5.11 Å². The van der Waals surface area contributed by atoms with E-state index in [1.807, 2.05) is 26.0 Å². The lowest BCUT2D eigenvalue weighted by atomic mass is 10.1. The van der Waals surface area contributed by atoms with E-state index in [0.717, 1.165) is 11.3 Å². The molecule has 0 saturated heterocycles. The van der Waals surface area contributed by atoms with Gasteiger partial charge in [-0.2, -0.15) is 0 Å². The minimum atomic E-state index is -0.327. The van der Waals surface area contributed by atoms with Crippen LogP contribution in [0.3, 0.4) is 0 Å². The van der Waals surface area contributed by atoms with Crippen LogP contribution in [0.4, 0.5) is 15.8 Å². The lowest BCUT2D eigenvalue weighted by Gasteiger charge is -2.13. The predicted molar refractivity (Wildman–Crippen MR) is 82.2 cm³/mol. The highest BCUT2D eigenvalue weighted by Gasteiger charge is 2.04. The van der Waals surface area contributed by atoms with Crippen LogP contribution in [0, 0.1) is 19.7 Å². The third-order valence-corrected chi connectivity index (χ3v) is 2.96. The highest BCUT2D eigenvalue weighted by Crippen LogP contribution is 2.17. The van der Waals surface area contributed by atoms with Crippen LogP contribution in [0.5, 0.6) is 0 Å². The number of aryl methyl sites for hydroxylation is 2. The number of thiocarbonyl (C=S) groups is 1. The summed E-state index contributed by atoms with van der Waals surface area (Å²) in [6.45, 7) is 4.04. The van der Waals surface area contributed by atoms with E-state index in [2.05, 4.69) is 16.7 Å². The number of halogens is 1. The van der Waals surface area contributed by atoms with E-state index >= 15 is 0 Å². The summed E-state index contributed by atoms with van der Waals surface area (Å²) in [5.74, 6) is -0.327. The number of nitrogens with one attached hydrogen (secondary N) is 2. The Balaban J connectivity index is 2.08. The Kier molecular flexibility index (Phi) is 4.12. The second-order valence-corrected chi connectivity index (χ2v) is 4.79.